The SMILES string of the molecule is CCNC(=O)C1CCC2(CC1)CCN(C(=O)CCOCCC(=O)CC)CC2.[HH]. The molecule has 1 aliphatic carbocycles. The second kappa shape index (κ2) is 10.8. The Morgan fingerprint density at radius 3 is 2.26 bits per heavy atom. The molecule has 0 aromatic carbocycles. The summed E-state index contributed by atoms with van der Waals surface area (Å²) in [5.41, 5.74) is 0.330. The Labute approximate surface area is 164 Å². The molecule has 1 N–H and O–H groups in total. The normalized spacial score (nSPS) is 19.9. The Hall–Kier alpha value is -1.43. The van der Waals surface area contributed by atoms with Crippen molar-refractivity contribution in [3.63, 3.8) is 0 Å². The van der Waals surface area contributed by atoms with Gasteiger partial charge in [-0.15, -0.1) is 0 Å². The Kier molecular flexibility index (Phi) is 8.74. The standard InChI is InChI=1S/C21H36N2O4.H2/c1-3-18(24)7-15-27-16-8-19(25)23-13-11-21(12-14-23)9-5-17(6-10-21)20(26)22-4-2;/h17H,3-16H2,1-2H3,(H,22,26);1H. The molecule has 0 radical (unpaired) electrons. The maximum atomic E-state index is 12.4. The fourth-order valence-corrected chi connectivity index (χ4v) is 4.32. The van der Waals surface area contributed by atoms with E-state index < -0.39 is 0 Å². The summed E-state index contributed by atoms with van der Waals surface area (Å²) in [6.45, 7) is 6.96. The molecule has 0 atom stereocenters. The van der Waals surface area contributed by atoms with Crippen molar-refractivity contribution in [3.05, 3.63) is 0 Å². The van der Waals surface area contributed by atoms with Gasteiger partial charge in [0.1, 0.15) is 5.78 Å². The molecule has 2 fully saturated rings. The Bertz CT molecular complexity index is 509. The first-order chi connectivity index (χ1) is 13.0. The third kappa shape index (κ3) is 6.59. The van der Waals surface area contributed by atoms with Gasteiger partial charge in [0, 0.05) is 39.8 Å². The highest BCUT2D eigenvalue weighted by Crippen LogP contribution is 2.46. The molecule has 2 aliphatic rings. The van der Waals surface area contributed by atoms with E-state index in [1.165, 1.54) is 0 Å². The zero-order valence-electron chi connectivity index (χ0n) is 17.1. The van der Waals surface area contributed by atoms with Crippen LogP contribution in [-0.2, 0) is 19.1 Å². The van der Waals surface area contributed by atoms with Gasteiger partial charge in [0.15, 0.2) is 0 Å². The summed E-state index contributed by atoms with van der Waals surface area (Å²) in [5, 5.41) is 2.94. The molecule has 1 aliphatic heterocycles. The number of rotatable bonds is 9. The number of piperidine rings is 1. The number of nitrogens with zero attached hydrogens (tertiary/aromatic N) is 1. The molecular weight excluding hydrogens is 344 g/mol. The summed E-state index contributed by atoms with van der Waals surface area (Å²) in [7, 11) is 0. The van der Waals surface area contributed by atoms with Gasteiger partial charge in [-0.1, -0.05) is 6.92 Å². The van der Waals surface area contributed by atoms with E-state index in [4.69, 9.17) is 4.74 Å². The molecule has 27 heavy (non-hydrogen) atoms. The van der Waals surface area contributed by atoms with E-state index in [0.29, 0.717) is 44.4 Å². The highest BCUT2D eigenvalue weighted by molar-refractivity contribution is 5.79. The molecule has 0 bridgehead atoms. The molecule has 2 rings (SSSR count). The molecule has 0 aromatic heterocycles. The molecule has 0 unspecified atom stereocenters. The minimum Gasteiger partial charge on any atom is -0.380 e. The van der Waals surface area contributed by atoms with Gasteiger partial charge in [-0.05, 0) is 50.9 Å². The number of hydrogen-bond acceptors (Lipinski definition) is 4. The van der Waals surface area contributed by atoms with E-state index in [1.807, 2.05) is 18.7 Å². The number of nitrogens with one attached hydrogen (secondary N) is 1. The molecule has 156 valence electrons. The van der Waals surface area contributed by atoms with Crippen LogP contribution in [0.2, 0.25) is 0 Å². The summed E-state index contributed by atoms with van der Waals surface area (Å²) in [6.07, 6.45) is 7.63. The number of amides is 2. The Balaban J connectivity index is 0.00000392. The van der Waals surface area contributed by atoms with Crippen molar-refractivity contribution in [3.8, 4) is 0 Å². The first kappa shape index (κ1) is 21.9. The van der Waals surface area contributed by atoms with Crippen molar-refractivity contribution in [2.75, 3.05) is 32.8 Å². The van der Waals surface area contributed by atoms with Crippen LogP contribution in [-0.4, -0.2) is 55.3 Å². The summed E-state index contributed by atoms with van der Waals surface area (Å²) < 4.78 is 5.43. The van der Waals surface area contributed by atoms with Gasteiger partial charge in [-0.3, -0.25) is 14.4 Å². The molecule has 0 aromatic rings. The molecule has 2 amide bonds. The predicted octanol–water partition coefficient (Wildman–Crippen LogP) is 2.94. The molecule has 1 saturated carbocycles. The van der Waals surface area contributed by atoms with Gasteiger partial charge >= 0.3 is 0 Å². The van der Waals surface area contributed by atoms with Gasteiger partial charge < -0.3 is 15.0 Å². The number of ketones is 1. The van der Waals surface area contributed by atoms with Crippen LogP contribution in [0.1, 0.15) is 73.1 Å². The topological polar surface area (TPSA) is 75.7 Å². The first-order valence-electron chi connectivity index (χ1n) is 10.6. The lowest BCUT2D eigenvalue weighted by Gasteiger charge is -2.45. The number of carbonyl (C=O) groups excluding carboxylic acids is 3. The number of ether oxygens (including phenoxy) is 1. The van der Waals surface area contributed by atoms with Crippen LogP contribution >= 0.6 is 0 Å². The number of Topliss-reactive ketones (excluding diaryl/α,β-unsaturated/α-hetero) is 1. The molecule has 6 nitrogen and oxygen atoms in total. The fourth-order valence-electron chi connectivity index (χ4n) is 4.32. The second-order valence-corrected chi connectivity index (χ2v) is 8.05. The summed E-state index contributed by atoms with van der Waals surface area (Å²) in [6, 6.07) is 0. The van der Waals surface area contributed by atoms with Gasteiger partial charge in [0.2, 0.25) is 11.8 Å². The summed E-state index contributed by atoms with van der Waals surface area (Å²) in [4.78, 5) is 37.6. The second-order valence-electron chi connectivity index (χ2n) is 8.05. The van der Waals surface area contributed by atoms with Crippen LogP contribution in [0.25, 0.3) is 0 Å². The van der Waals surface area contributed by atoms with Crippen molar-refractivity contribution in [1.82, 2.24) is 10.2 Å². The highest BCUT2D eigenvalue weighted by Gasteiger charge is 2.40. The third-order valence-corrected chi connectivity index (χ3v) is 6.32. The van der Waals surface area contributed by atoms with E-state index in [0.717, 1.165) is 51.6 Å². The van der Waals surface area contributed by atoms with Crippen molar-refractivity contribution >= 4 is 17.6 Å². The minimum atomic E-state index is 0. The van der Waals surface area contributed by atoms with E-state index in [9.17, 15) is 14.4 Å². The smallest absolute Gasteiger partial charge is 0.224 e. The maximum absolute atomic E-state index is 12.4. The van der Waals surface area contributed by atoms with Crippen molar-refractivity contribution in [2.24, 2.45) is 11.3 Å². The molecule has 1 saturated heterocycles. The van der Waals surface area contributed by atoms with Crippen LogP contribution in [0, 0.1) is 11.3 Å². The Morgan fingerprint density at radius 1 is 1.04 bits per heavy atom. The molecule has 1 heterocycles. The molecular formula is C21H38N2O4. The monoisotopic (exact) mass is 382 g/mol. The van der Waals surface area contributed by atoms with E-state index in [1.54, 1.807) is 0 Å². The zero-order chi connectivity index (χ0) is 19.7. The average molecular weight is 383 g/mol. The number of likely N-dealkylation sites (tertiary alicyclic amines) is 1. The maximum Gasteiger partial charge on any atom is 0.224 e. The van der Waals surface area contributed by atoms with Crippen molar-refractivity contribution in [2.45, 2.75) is 71.6 Å². The van der Waals surface area contributed by atoms with Crippen LogP contribution < -0.4 is 5.32 Å². The van der Waals surface area contributed by atoms with E-state index in [-0.39, 0.29) is 24.9 Å². The first-order valence-corrected chi connectivity index (χ1v) is 10.6. The zero-order valence-corrected chi connectivity index (χ0v) is 17.1. The average Bonchev–Trinajstić information content (AvgIpc) is 2.68. The van der Waals surface area contributed by atoms with Gasteiger partial charge in [0.05, 0.1) is 19.6 Å². The Morgan fingerprint density at radius 2 is 1.67 bits per heavy atom. The van der Waals surface area contributed by atoms with Crippen LogP contribution in [0.3, 0.4) is 0 Å². The summed E-state index contributed by atoms with van der Waals surface area (Å²) >= 11 is 0. The van der Waals surface area contributed by atoms with Crippen molar-refractivity contribution in [1.29, 1.82) is 0 Å². The molecule has 6 heteroatoms. The number of carbonyl (C=O) groups is 3. The molecule has 1 spiro atoms. The lowest BCUT2D eigenvalue weighted by atomic mass is 9.65. The van der Waals surface area contributed by atoms with Gasteiger partial charge in [0.25, 0.3) is 0 Å². The van der Waals surface area contributed by atoms with Gasteiger partial charge in [-0.25, -0.2) is 0 Å². The van der Waals surface area contributed by atoms with Crippen LogP contribution in [0.15, 0.2) is 0 Å². The lowest BCUT2D eigenvalue weighted by molar-refractivity contribution is -0.135. The highest BCUT2D eigenvalue weighted by atomic mass is 16.5. The predicted molar refractivity (Wildman–Crippen MR) is 106 cm³/mol. The van der Waals surface area contributed by atoms with E-state index in [2.05, 4.69) is 5.32 Å². The quantitative estimate of drug-likeness (QED) is 0.622. The number of hydrogen-bond donors (Lipinski definition) is 1. The van der Waals surface area contributed by atoms with Crippen LogP contribution in [0.5, 0.6) is 0 Å². The fraction of sp³-hybridized carbons (Fsp3) is 0.857. The lowest BCUT2D eigenvalue weighted by Crippen LogP contribution is -2.45. The van der Waals surface area contributed by atoms with Gasteiger partial charge in [-0.2, -0.15) is 0 Å². The third-order valence-electron chi connectivity index (χ3n) is 6.32. The van der Waals surface area contributed by atoms with E-state index >= 15 is 0 Å². The van der Waals surface area contributed by atoms with Crippen molar-refractivity contribution < 1.29 is 20.5 Å². The summed E-state index contributed by atoms with van der Waals surface area (Å²) in [5.74, 6) is 0.736. The van der Waals surface area contributed by atoms with Crippen LogP contribution in [0.4, 0.5) is 0 Å². The minimum absolute atomic E-state index is 0. The largest absolute Gasteiger partial charge is 0.380 e.